The van der Waals surface area contributed by atoms with Gasteiger partial charge in [-0.05, 0) is 53.7 Å². The second-order valence-electron chi connectivity index (χ2n) is 7.51. The van der Waals surface area contributed by atoms with Crippen LogP contribution in [0.5, 0.6) is 0 Å². The highest BCUT2D eigenvalue weighted by molar-refractivity contribution is 7.21. The Balaban J connectivity index is 1.78. The number of carbonyl (C=O) groups excluding carboxylic acids is 1. The summed E-state index contributed by atoms with van der Waals surface area (Å²) >= 11 is 1.32. The minimum absolute atomic E-state index is 0.311. The third kappa shape index (κ3) is 3.41. The van der Waals surface area contributed by atoms with Crippen LogP contribution in [-0.4, -0.2) is 17.6 Å². The summed E-state index contributed by atoms with van der Waals surface area (Å²) in [7, 11) is 0. The van der Waals surface area contributed by atoms with Gasteiger partial charge in [0.25, 0.3) is 0 Å². The van der Waals surface area contributed by atoms with Crippen LogP contribution >= 0.6 is 11.3 Å². The number of hydrogen-bond acceptors (Lipinski definition) is 5. The predicted octanol–water partition coefficient (Wildman–Crippen LogP) is 6.21. The van der Waals surface area contributed by atoms with Gasteiger partial charge in [-0.1, -0.05) is 60.7 Å². The highest BCUT2D eigenvalue weighted by atomic mass is 32.1. The third-order valence-corrected chi connectivity index (χ3v) is 6.67. The first-order chi connectivity index (χ1) is 15.2. The van der Waals surface area contributed by atoms with Crippen LogP contribution in [0.4, 0.5) is 5.69 Å². The summed E-state index contributed by atoms with van der Waals surface area (Å²) in [5.74, 6) is -0.387. The van der Waals surface area contributed by atoms with E-state index >= 15 is 0 Å². The number of ether oxygens (including phenoxy) is 1. The molecule has 0 amide bonds. The number of benzene rings is 2. The first kappa shape index (κ1) is 19.5. The van der Waals surface area contributed by atoms with Gasteiger partial charge in [0.1, 0.15) is 9.71 Å². The number of carbonyl (C=O) groups is 1. The molecule has 0 atom stereocenters. The molecular formula is C26H22N2O2S. The van der Waals surface area contributed by atoms with E-state index in [4.69, 9.17) is 15.5 Å². The fourth-order valence-electron chi connectivity index (χ4n) is 4.24. The minimum atomic E-state index is -0.387. The fraction of sp³-hybridized carbons (Fsp3) is 0.154. The molecule has 0 saturated heterocycles. The van der Waals surface area contributed by atoms with Crippen LogP contribution in [0.25, 0.3) is 33.0 Å². The molecule has 0 unspecified atom stereocenters. The van der Waals surface area contributed by atoms with Gasteiger partial charge in [-0.25, -0.2) is 9.78 Å². The lowest BCUT2D eigenvalue weighted by Gasteiger charge is -2.11. The molecule has 0 fully saturated rings. The normalized spacial score (nSPS) is 14.2. The molecule has 2 aromatic carbocycles. The number of anilines is 1. The van der Waals surface area contributed by atoms with Crippen molar-refractivity contribution < 1.29 is 9.53 Å². The van der Waals surface area contributed by atoms with Crippen molar-refractivity contribution in [2.24, 2.45) is 0 Å². The maximum absolute atomic E-state index is 12.5. The van der Waals surface area contributed by atoms with E-state index in [2.05, 4.69) is 30.3 Å². The molecule has 1 aliphatic rings. The van der Waals surface area contributed by atoms with Crippen LogP contribution in [-0.2, 0) is 11.2 Å². The minimum Gasteiger partial charge on any atom is -0.462 e. The van der Waals surface area contributed by atoms with E-state index in [0.29, 0.717) is 17.2 Å². The average molecular weight is 427 g/mol. The van der Waals surface area contributed by atoms with Crippen molar-refractivity contribution in [3.05, 3.63) is 82.4 Å². The smallest absolute Gasteiger partial charge is 0.350 e. The summed E-state index contributed by atoms with van der Waals surface area (Å²) < 4.78 is 5.24. The van der Waals surface area contributed by atoms with Gasteiger partial charge in [0, 0.05) is 5.39 Å². The Hall–Kier alpha value is -3.44. The van der Waals surface area contributed by atoms with Crippen molar-refractivity contribution in [1.82, 2.24) is 4.98 Å². The molecule has 0 saturated carbocycles. The molecule has 2 heterocycles. The standard InChI is InChI=1S/C26H22N2O2S/c1-2-30-26(29)24-22(27)21-20(17-11-7-4-8-12-17)19-14-13-18(23(19)28-25(21)31-24)15-16-9-5-3-6-10-16/h3-12,15H,2,13-14,27H2,1H3. The van der Waals surface area contributed by atoms with E-state index in [1.165, 1.54) is 22.5 Å². The van der Waals surface area contributed by atoms with Gasteiger partial charge in [-0.2, -0.15) is 0 Å². The molecule has 4 nitrogen and oxygen atoms in total. The molecule has 154 valence electrons. The zero-order chi connectivity index (χ0) is 21.4. The van der Waals surface area contributed by atoms with Crippen LogP contribution in [0.2, 0.25) is 0 Å². The van der Waals surface area contributed by atoms with Crippen molar-refractivity contribution in [3.8, 4) is 11.1 Å². The molecule has 5 heteroatoms. The number of hydrogen-bond donors (Lipinski definition) is 1. The summed E-state index contributed by atoms with van der Waals surface area (Å²) in [6.45, 7) is 2.11. The van der Waals surface area contributed by atoms with Gasteiger partial charge in [-0.3, -0.25) is 0 Å². The summed E-state index contributed by atoms with van der Waals surface area (Å²) in [6.07, 6.45) is 4.03. The summed E-state index contributed by atoms with van der Waals surface area (Å²) in [4.78, 5) is 18.7. The van der Waals surface area contributed by atoms with Crippen molar-refractivity contribution in [2.75, 3.05) is 12.3 Å². The van der Waals surface area contributed by atoms with Crippen LogP contribution in [0.15, 0.2) is 60.7 Å². The van der Waals surface area contributed by atoms with E-state index in [1.54, 1.807) is 6.92 Å². The van der Waals surface area contributed by atoms with Gasteiger partial charge in [-0.15, -0.1) is 11.3 Å². The van der Waals surface area contributed by atoms with Crippen molar-refractivity contribution in [2.45, 2.75) is 19.8 Å². The molecule has 0 spiro atoms. The molecule has 1 aliphatic carbocycles. The summed E-state index contributed by atoms with van der Waals surface area (Å²) in [5, 5.41) is 0.860. The maximum Gasteiger partial charge on any atom is 0.350 e. The number of nitrogen functional groups attached to an aromatic ring is 1. The lowest BCUT2D eigenvalue weighted by molar-refractivity contribution is 0.0533. The molecule has 0 aliphatic heterocycles. The van der Waals surface area contributed by atoms with Crippen LogP contribution in [0, 0.1) is 0 Å². The fourth-order valence-corrected chi connectivity index (χ4v) is 5.24. The molecule has 0 radical (unpaired) electrons. The van der Waals surface area contributed by atoms with E-state index in [9.17, 15) is 4.79 Å². The van der Waals surface area contributed by atoms with E-state index in [-0.39, 0.29) is 5.97 Å². The topological polar surface area (TPSA) is 65.2 Å². The van der Waals surface area contributed by atoms with Crippen LogP contribution in [0.3, 0.4) is 0 Å². The van der Waals surface area contributed by atoms with Crippen LogP contribution < -0.4 is 5.73 Å². The Labute approximate surface area is 185 Å². The molecule has 0 bridgehead atoms. The molecule has 2 N–H and O–H groups in total. The lowest BCUT2D eigenvalue weighted by Crippen LogP contribution is -2.05. The van der Waals surface area contributed by atoms with Crippen molar-refractivity contribution in [3.63, 3.8) is 0 Å². The van der Waals surface area contributed by atoms with E-state index in [0.717, 1.165) is 45.4 Å². The largest absolute Gasteiger partial charge is 0.462 e. The number of nitrogens with two attached hydrogens (primary N) is 1. The van der Waals surface area contributed by atoms with E-state index < -0.39 is 0 Å². The van der Waals surface area contributed by atoms with Gasteiger partial charge in [0.05, 0.1) is 18.0 Å². The highest BCUT2D eigenvalue weighted by Gasteiger charge is 2.28. The predicted molar refractivity (Wildman–Crippen MR) is 128 cm³/mol. The SMILES string of the molecule is CCOC(=O)c1sc2nc3c(c(-c4ccccc4)c2c1N)CCC3=Cc1ccccc1. The zero-order valence-corrected chi connectivity index (χ0v) is 18.0. The Kier molecular flexibility index (Phi) is 5.04. The number of nitrogens with zero attached hydrogens (tertiary/aromatic N) is 1. The van der Waals surface area contributed by atoms with Gasteiger partial charge >= 0.3 is 5.97 Å². The van der Waals surface area contributed by atoms with Gasteiger partial charge in [0.15, 0.2) is 0 Å². The first-order valence-electron chi connectivity index (χ1n) is 10.4. The molecule has 31 heavy (non-hydrogen) atoms. The molecule has 5 rings (SSSR count). The van der Waals surface area contributed by atoms with E-state index in [1.807, 2.05) is 36.4 Å². The van der Waals surface area contributed by atoms with Gasteiger partial charge in [0.2, 0.25) is 0 Å². The molecular weight excluding hydrogens is 404 g/mol. The quantitative estimate of drug-likeness (QED) is 0.394. The third-order valence-electron chi connectivity index (χ3n) is 5.59. The number of esters is 1. The maximum atomic E-state index is 12.5. The number of allylic oxidation sites excluding steroid dienone is 1. The summed E-state index contributed by atoms with van der Waals surface area (Å²) in [6, 6.07) is 20.5. The Morgan fingerprint density at radius 3 is 2.52 bits per heavy atom. The molecule has 2 aromatic heterocycles. The Morgan fingerprint density at radius 2 is 1.81 bits per heavy atom. The highest BCUT2D eigenvalue weighted by Crippen LogP contribution is 2.47. The number of pyridine rings is 1. The average Bonchev–Trinajstić information content (AvgIpc) is 3.35. The molecule has 4 aromatic rings. The Morgan fingerprint density at radius 1 is 1.10 bits per heavy atom. The summed E-state index contributed by atoms with van der Waals surface area (Å²) in [5.41, 5.74) is 13.7. The van der Waals surface area contributed by atoms with Gasteiger partial charge < -0.3 is 10.5 Å². The monoisotopic (exact) mass is 426 g/mol. The number of aromatic nitrogens is 1. The van der Waals surface area contributed by atoms with Crippen molar-refractivity contribution >= 4 is 44.9 Å². The Bertz CT molecular complexity index is 1310. The van der Waals surface area contributed by atoms with Crippen LogP contribution in [0.1, 0.15) is 39.8 Å². The zero-order valence-electron chi connectivity index (χ0n) is 17.2. The van der Waals surface area contributed by atoms with Crippen molar-refractivity contribution in [1.29, 1.82) is 0 Å². The first-order valence-corrected chi connectivity index (χ1v) is 11.2. The lowest BCUT2D eigenvalue weighted by atomic mass is 9.95. The number of thiophene rings is 1. The second-order valence-corrected chi connectivity index (χ2v) is 8.50. The second kappa shape index (κ2) is 8.00. The number of rotatable bonds is 4. The number of fused-ring (bicyclic) bond motifs is 2.